The molecule has 0 bridgehead atoms. The number of fused-ring (bicyclic) bond motifs is 2. The van der Waals surface area contributed by atoms with E-state index in [2.05, 4.69) is 43.9 Å². The molecule has 0 amide bonds. The zero-order valence-electron chi connectivity index (χ0n) is 14.7. The third-order valence-corrected chi connectivity index (χ3v) is 5.55. The highest BCUT2D eigenvalue weighted by Gasteiger charge is 2.58. The molecule has 0 N–H and O–H groups in total. The molecule has 0 fully saturated rings. The van der Waals surface area contributed by atoms with Gasteiger partial charge in [-0.15, -0.1) is 0 Å². The van der Waals surface area contributed by atoms with Crippen LogP contribution in [0.2, 0.25) is 0 Å². The second-order valence-electron chi connectivity index (χ2n) is 7.29. The molecule has 4 rings (SSSR count). The number of hydrogen-bond acceptors (Lipinski definition) is 4. The number of aryl methyl sites for hydroxylation is 1. The number of anilines is 1. The fraction of sp³-hybridized carbons (Fsp3) is 0.300. The molecule has 2 aromatic carbocycles. The van der Waals surface area contributed by atoms with E-state index < -0.39 is 5.72 Å². The van der Waals surface area contributed by atoms with Crippen molar-refractivity contribution >= 4 is 17.5 Å². The molecule has 1 atom stereocenters. The molecule has 2 aliphatic rings. The van der Waals surface area contributed by atoms with Crippen LogP contribution in [0.1, 0.15) is 30.5 Å². The fourth-order valence-corrected chi connectivity index (χ4v) is 4.08. The minimum atomic E-state index is -0.803. The van der Waals surface area contributed by atoms with Gasteiger partial charge in [0.1, 0.15) is 0 Å². The summed E-state index contributed by atoms with van der Waals surface area (Å²) < 4.78 is 6.42. The van der Waals surface area contributed by atoms with Crippen molar-refractivity contribution in [2.24, 2.45) is 0 Å². The van der Waals surface area contributed by atoms with E-state index in [1.807, 2.05) is 25.3 Å². The van der Waals surface area contributed by atoms with Crippen LogP contribution in [0.5, 0.6) is 5.75 Å². The van der Waals surface area contributed by atoms with Gasteiger partial charge in [0.25, 0.3) is 0 Å². The highest BCUT2D eigenvalue weighted by Crippen LogP contribution is 2.55. The van der Waals surface area contributed by atoms with Crippen molar-refractivity contribution in [1.82, 2.24) is 0 Å². The third kappa shape index (κ3) is 1.89. The summed E-state index contributed by atoms with van der Waals surface area (Å²) in [6.45, 7) is 6.30. The molecular weight excluding hydrogens is 316 g/mol. The van der Waals surface area contributed by atoms with Crippen molar-refractivity contribution in [1.29, 1.82) is 0 Å². The smallest absolute Gasteiger partial charge is 0.311 e. The summed E-state index contributed by atoms with van der Waals surface area (Å²) in [6.07, 6.45) is 3.96. The molecule has 0 aliphatic carbocycles. The minimum absolute atomic E-state index is 0.00226. The number of rotatable bonds is 1. The van der Waals surface area contributed by atoms with Crippen molar-refractivity contribution in [3.63, 3.8) is 0 Å². The average molecular weight is 336 g/mol. The van der Waals surface area contributed by atoms with Crippen molar-refractivity contribution in [3.05, 3.63) is 69.3 Å². The van der Waals surface area contributed by atoms with Gasteiger partial charge in [-0.1, -0.05) is 24.3 Å². The lowest BCUT2D eigenvalue weighted by atomic mass is 9.76. The first-order chi connectivity index (χ1) is 11.8. The lowest BCUT2D eigenvalue weighted by Gasteiger charge is -2.45. The summed E-state index contributed by atoms with van der Waals surface area (Å²) in [5.74, 6) is 0.333. The highest BCUT2D eigenvalue weighted by atomic mass is 16.6. The molecule has 128 valence electrons. The van der Waals surface area contributed by atoms with Crippen LogP contribution in [0, 0.1) is 17.0 Å². The zero-order chi connectivity index (χ0) is 18.0. The number of nitrogens with zero attached hydrogens (tertiary/aromatic N) is 2. The number of para-hydroxylation sites is 1. The van der Waals surface area contributed by atoms with E-state index in [0.717, 1.165) is 11.3 Å². The second kappa shape index (κ2) is 4.85. The molecule has 0 aromatic heterocycles. The molecule has 1 unspecified atom stereocenters. The number of nitro groups is 1. The Labute approximate surface area is 146 Å². The van der Waals surface area contributed by atoms with Crippen molar-refractivity contribution < 1.29 is 9.66 Å². The largest absolute Gasteiger partial charge is 0.456 e. The maximum atomic E-state index is 11.5. The Hall–Kier alpha value is -2.82. The molecule has 0 radical (unpaired) electrons. The molecule has 2 aliphatic heterocycles. The number of nitro benzene ring substituents is 1. The van der Waals surface area contributed by atoms with E-state index in [0.29, 0.717) is 5.75 Å². The topological polar surface area (TPSA) is 55.6 Å². The standard InChI is InChI=1S/C20H20N2O3/c1-13-8-9-15-17(12-13)21(4)20(19(15,2)3)11-10-14-6-5-7-16(22(23)24)18(14)25-20/h5-12H,1-4H3. The van der Waals surface area contributed by atoms with Gasteiger partial charge in [0.05, 0.1) is 10.3 Å². The Kier molecular flexibility index (Phi) is 3.04. The van der Waals surface area contributed by atoms with Crippen LogP contribution in [0.25, 0.3) is 6.08 Å². The lowest BCUT2D eigenvalue weighted by Crippen LogP contribution is -2.58. The molecule has 2 aromatic rings. The maximum Gasteiger partial charge on any atom is 0.311 e. The second-order valence-corrected chi connectivity index (χ2v) is 7.29. The van der Waals surface area contributed by atoms with Crippen LogP contribution in [0.3, 0.4) is 0 Å². The van der Waals surface area contributed by atoms with Gasteiger partial charge in [-0.3, -0.25) is 10.1 Å². The highest BCUT2D eigenvalue weighted by molar-refractivity contribution is 5.74. The Balaban J connectivity index is 1.92. The van der Waals surface area contributed by atoms with Gasteiger partial charge in [-0.05, 0) is 50.1 Å². The summed E-state index contributed by atoms with van der Waals surface area (Å²) in [4.78, 5) is 13.2. The van der Waals surface area contributed by atoms with Crippen LogP contribution in [0.4, 0.5) is 11.4 Å². The van der Waals surface area contributed by atoms with Gasteiger partial charge in [0.2, 0.25) is 11.5 Å². The van der Waals surface area contributed by atoms with Gasteiger partial charge in [0, 0.05) is 24.4 Å². The number of benzene rings is 2. The first-order valence-electron chi connectivity index (χ1n) is 8.28. The van der Waals surface area contributed by atoms with Crippen LogP contribution >= 0.6 is 0 Å². The van der Waals surface area contributed by atoms with Crippen LogP contribution in [-0.2, 0) is 5.41 Å². The Morgan fingerprint density at radius 1 is 1.20 bits per heavy atom. The normalized spacial score (nSPS) is 22.5. The predicted octanol–water partition coefficient (Wildman–Crippen LogP) is 4.43. The first kappa shape index (κ1) is 15.7. The fourth-order valence-electron chi connectivity index (χ4n) is 4.08. The van der Waals surface area contributed by atoms with Crippen molar-refractivity contribution in [2.45, 2.75) is 31.9 Å². The van der Waals surface area contributed by atoms with Crippen molar-refractivity contribution in [2.75, 3.05) is 11.9 Å². The van der Waals surface area contributed by atoms with E-state index in [4.69, 9.17) is 4.74 Å². The van der Waals surface area contributed by atoms with Crippen LogP contribution in [0.15, 0.2) is 42.5 Å². The Morgan fingerprint density at radius 3 is 2.68 bits per heavy atom. The summed E-state index contributed by atoms with van der Waals surface area (Å²) in [6, 6.07) is 11.4. The van der Waals surface area contributed by atoms with E-state index >= 15 is 0 Å². The number of hydrogen-bond donors (Lipinski definition) is 0. The summed E-state index contributed by atoms with van der Waals surface area (Å²) in [5, 5.41) is 11.5. The number of likely N-dealkylation sites (N-methyl/N-ethyl adjacent to an activating group) is 1. The average Bonchev–Trinajstić information content (AvgIpc) is 2.73. The van der Waals surface area contributed by atoms with E-state index in [1.54, 1.807) is 6.07 Å². The predicted molar refractivity (Wildman–Crippen MR) is 98.1 cm³/mol. The molecule has 0 saturated carbocycles. The van der Waals surface area contributed by atoms with Gasteiger partial charge in [0.15, 0.2) is 0 Å². The third-order valence-electron chi connectivity index (χ3n) is 5.55. The molecule has 0 saturated heterocycles. The van der Waals surface area contributed by atoms with Crippen LogP contribution in [-0.4, -0.2) is 17.7 Å². The molecule has 2 heterocycles. The molecular formula is C20H20N2O3. The SMILES string of the molecule is Cc1ccc2c(c1)N(C)C1(C=Cc3cccc([N+](=O)[O-])c3O1)C2(C)C. The molecule has 5 nitrogen and oxygen atoms in total. The van der Waals surface area contributed by atoms with Gasteiger partial charge < -0.3 is 9.64 Å². The number of ether oxygens (including phenoxy) is 1. The summed E-state index contributed by atoms with van der Waals surface area (Å²) in [7, 11) is 1.98. The van der Waals surface area contributed by atoms with Gasteiger partial charge >= 0.3 is 5.69 Å². The lowest BCUT2D eigenvalue weighted by molar-refractivity contribution is -0.386. The summed E-state index contributed by atoms with van der Waals surface area (Å²) in [5.41, 5.74) is 2.99. The molecule has 1 spiro atoms. The van der Waals surface area contributed by atoms with Gasteiger partial charge in [-0.25, -0.2) is 0 Å². The summed E-state index contributed by atoms with van der Waals surface area (Å²) >= 11 is 0. The van der Waals surface area contributed by atoms with E-state index in [1.165, 1.54) is 17.2 Å². The molecule has 5 heteroatoms. The Bertz CT molecular complexity index is 933. The Morgan fingerprint density at radius 2 is 1.96 bits per heavy atom. The quantitative estimate of drug-likeness (QED) is 0.571. The zero-order valence-corrected chi connectivity index (χ0v) is 14.7. The minimum Gasteiger partial charge on any atom is -0.456 e. The van der Waals surface area contributed by atoms with Gasteiger partial charge in [-0.2, -0.15) is 0 Å². The van der Waals surface area contributed by atoms with E-state index in [-0.39, 0.29) is 16.0 Å². The maximum absolute atomic E-state index is 11.5. The first-order valence-corrected chi connectivity index (χ1v) is 8.28. The van der Waals surface area contributed by atoms with Crippen molar-refractivity contribution in [3.8, 4) is 5.75 Å². The molecule has 25 heavy (non-hydrogen) atoms. The van der Waals surface area contributed by atoms with Crippen LogP contribution < -0.4 is 9.64 Å². The monoisotopic (exact) mass is 336 g/mol. The van der Waals surface area contributed by atoms with E-state index in [9.17, 15) is 10.1 Å².